The van der Waals surface area contributed by atoms with Crippen molar-refractivity contribution >= 4 is 33.2 Å². The number of sulfonamides is 1. The van der Waals surface area contributed by atoms with Gasteiger partial charge in [-0.2, -0.15) is 4.31 Å². The first-order valence-corrected chi connectivity index (χ1v) is 11.4. The van der Waals surface area contributed by atoms with Gasteiger partial charge in [-0.15, -0.1) is 0 Å². The van der Waals surface area contributed by atoms with Gasteiger partial charge in [0.05, 0.1) is 11.4 Å². The Hall–Kier alpha value is -2.91. The van der Waals surface area contributed by atoms with Crippen LogP contribution in [0.2, 0.25) is 0 Å². The first kappa shape index (κ1) is 24.4. The molecular formula is C22H30N4O4S. The molecule has 0 aliphatic carbocycles. The quantitative estimate of drug-likeness (QED) is 0.545. The molecule has 0 radical (unpaired) electrons. The van der Waals surface area contributed by atoms with E-state index in [0.29, 0.717) is 12.2 Å². The highest BCUT2D eigenvalue weighted by Crippen LogP contribution is 2.17. The van der Waals surface area contributed by atoms with E-state index in [9.17, 15) is 18.0 Å². The second-order valence-electron chi connectivity index (χ2n) is 7.48. The fourth-order valence-electron chi connectivity index (χ4n) is 2.92. The molecule has 0 heterocycles. The molecule has 0 fully saturated rings. The van der Waals surface area contributed by atoms with E-state index >= 15 is 0 Å². The number of rotatable bonds is 10. The molecule has 0 unspecified atom stereocenters. The highest BCUT2D eigenvalue weighted by molar-refractivity contribution is 7.89. The summed E-state index contributed by atoms with van der Waals surface area (Å²) in [4.78, 5) is 25.3. The van der Waals surface area contributed by atoms with Crippen LogP contribution in [0.4, 0.5) is 11.4 Å². The number of carbonyl (C=O) groups is 2. The molecule has 2 aromatic carbocycles. The number of aryl methyl sites for hydroxylation is 1. The van der Waals surface area contributed by atoms with Crippen molar-refractivity contribution in [3.05, 3.63) is 54.1 Å². The van der Waals surface area contributed by atoms with Crippen LogP contribution in [0.1, 0.15) is 18.9 Å². The first-order chi connectivity index (χ1) is 14.6. The SMILES string of the molecule is CC(=O)Nc1ccc(S(=O)(=O)N(C)CC(=O)NCCCc2ccc(N(C)C)cc2)cc1. The number of likely N-dealkylation sites (N-methyl/N-ethyl adjacent to an activating group) is 1. The summed E-state index contributed by atoms with van der Waals surface area (Å²) in [6.45, 7) is 1.57. The Bertz CT molecular complexity index is 987. The molecule has 2 aromatic rings. The van der Waals surface area contributed by atoms with Crippen LogP contribution in [-0.2, 0) is 26.0 Å². The van der Waals surface area contributed by atoms with Gasteiger partial charge in [0, 0.05) is 46.0 Å². The van der Waals surface area contributed by atoms with E-state index < -0.39 is 10.0 Å². The lowest BCUT2D eigenvalue weighted by molar-refractivity contribution is -0.121. The third kappa shape index (κ3) is 7.37. The molecule has 2 rings (SSSR count). The molecular weight excluding hydrogens is 416 g/mol. The maximum absolute atomic E-state index is 12.6. The summed E-state index contributed by atoms with van der Waals surface area (Å²) in [7, 11) is 1.53. The van der Waals surface area contributed by atoms with Crippen LogP contribution in [0.3, 0.4) is 0 Å². The zero-order valence-electron chi connectivity index (χ0n) is 18.4. The maximum Gasteiger partial charge on any atom is 0.243 e. The number of anilines is 2. The van der Waals surface area contributed by atoms with Crippen molar-refractivity contribution in [2.24, 2.45) is 0 Å². The van der Waals surface area contributed by atoms with E-state index in [1.807, 2.05) is 19.0 Å². The van der Waals surface area contributed by atoms with Gasteiger partial charge in [0.15, 0.2) is 0 Å². The summed E-state index contributed by atoms with van der Waals surface area (Å²) in [6.07, 6.45) is 1.58. The lowest BCUT2D eigenvalue weighted by atomic mass is 10.1. The number of benzene rings is 2. The van der Waals surface area contributed by atoms with E-state index in [2.05, 4.69) is 34.9 Å². The monoisotopic (exact) mass is 446 g/mol. The number of nitrogens with one attached hydrogen (secondary N) is 2. The molecule has 0 saturated heterocycles. The van der Waals surface area contributed by atoms with Gasteiger partial charge in [0.2, 0.25) is 21.8 Å². The molecule has 0 saturated carbocycles. The summed E-state index contributed by atoms with van der Waals surface area (Å²) in [5, 5.41) is 5.35. The van der Waals surface area contributed by atoms with Gasteiger partial charge < -0.3 is 15.5 Å². The van der Waals surface area contributed by atoms with Crippen molar-refractivity contribution in [3.8, 4) is 0 Å². The lowest BCUT2D eigenvalue weighted by Crippen LogP contribution is -2.38. The zero-order valence-corrected chi connectivity index (χ0v) is 19.2. The van der Waals surface area contributed by atoms with Crippen molar-refractivity contribution in [2.75, 3.05) is 44.4 Å². The van der Waals surface area contributed by atoms with Gasteiger partial charge >= 0.3 is 0 Å². The second-order valence-corrected chi connectivity index (χ2v) is 9.53. The zero-order chi connectivity index (χ0) is 23.0. The molecule has 0 spiro atoms. The van der Waals surface area contributed by atoms with Crippen LogP contribution in [0, 0.1) is 0 Å². The minimum atomic E-state index is -3.81. The predicted molar refractivity (Wildman–Crippen MR) is 123 cm³/mol. The normalized spacial score (nSPS) is 11.3. The largest absolute Gasteiger partial charge is 0.378 e. The van der Waals surface area contributed by atoms with E-state index in [-0.39, 0.29) is 23.3 Å². The fourth-order valence-corrected chi connectivity index (χ4v) is 4.04. The molecule has 0 bridgehead atoms. The summed E-state index contributed by atoms with van der Waals surface area (Å²) in [5.41, 5.74) is 2.82. The highest BCUT2D eigenvalue weighted by atomic mass is 32.2. The van der Waals surface area contributed by atoms with Crippen molar-refractivity contribution in [2.45, 2.75) is 24.7 Å². The Morgan fingerprint density at radius 2 is 1.55 bits per heavy atom. The van der Waals surface area contributed by atoms with Gasteiger partial charge in [0.25, 0.3) is 0 Å². The summed E-state index contributed by atoms with van der Waals surface area (Å²) in [5.74, 6) is -0.598. The van der Waals surface area contributed by atoms with Crippen LogP contribution < -0.4 is 15.5 Å². The number of hydrogen-bond donors (Lipinski definition) is 2. The molecule has 9 heteroatoms. The van der Waals surface area contributed by atoms with Crippen molar-refractivity contribution in [3.63, 3.8) is 0 Å². The third-order valence-corrected chi connectivity index (χ3v) is 6.48. The Labute approximate surface area is 184 Å². The number of carbonyl (C=O) groups excluding carboxylic acids is 2. The number of hydrogen-bond acceptors (Lipinski definition) is 5. The van der Waals surface area contributed by atoms with Crippen LogP contribution in [-0.4, -0.2) is 58.8 Å². The third-order valence-electron chi connectivity index (χ3n) is 4.67. The molecule has 0 aromatic heterocycles. The van der Waals surface area contributed by atoms with E-state index in [1.165, 1.54) is 43.8 Å². The minimum absolute atomic E-state index is 0.0538. The Balaban J connectivity index is 1.80. The van der Waals surface area contributed by atoms with Gasteiger partial charge in [-0.3, -0.25) is 9.59 Å². The molecule has 2 N–H and O–H groups in total. The van der Waals surface area contributed by atoms with Crippen molar-refractivity contribution in [1.82, 2.24) is 9.62 Å². The highest BCUT2D eigenvalue weighted by Gasteiger charge is 2.22. The fraction of sp³-hybridized carbons (Fsp3) is 0.364. The summed E-state index contributed by atoms with van der Waals surface area (Å²) < 4.78 is 26.3. The van der Waals surface area contributed by atoms with Crippen molar-refractivity contribution < 1.29 is 18.0 Å². The minimum Gasteiger partial charge on any atom is -0.378 e. The van der Waals surface area contributed by atoms with Gasteiger partial charge in [-0.05, 0) is 54.8 Å². The average Bonchev–Trinajstić information content (AvgIpc) is 2.71. The number of nitrogens with zero attached hydrogens (tertiary/aromatic N) is 2. The average molecular weight is 447 g/mol. The Kier molecular flexibility index (Phi) is 8.58. The standard InChI is InChI=1S/C22H30N4O4S/c1-17(27)24-19-9-13-21(14-10-19)31(29,30)26(4)16-22(28)23-15-5-6-18-7-11-20(12-8-18)25(2)3/h7-14H,5-6,15-16H2,1-4H3,(H,23,28)(H,24,27). The van der Waals surface area contributed by atoms with Crippen LogP contribution >= 0.6 is 0 Å². The second kappa shape index (κ2) is 10.9. The topological polar surface area (TPSA) is 98.8 Å². The molecule has 8 nitrogen and oxygen atoms in total. The molecule has 0 aliphatic rings. The first-order valence-electron chi connectivity index (χ1n) is 9.96. The van der Waals surface area contributed by atoms with Gasteiger partial charge in [0.1, 0.15) is 0 Å². The van der Waals surface area contributed by atoms with E-state index in [4.69, 9.17) is 0 Å². The Morgan fingerprint density at radius 1 is 0.935 bits per heavy atom. The van der Waals surface area contributed by atoms with E-state index in [0.717, 1.165) is 22.8 Å². The van der Waals surface area contributed by atoms with Gasteiger partial charge in [-0.1, -0.05) is 12.1 Å². The smallest absolute Gasteiger partial charge is 0.243 e. The number of amides is 2. The van der Waals surface area contributed by atoms with Gasteiger partial charge in [-0.25, -0.2) is 8.42 Å². The molecule has 168 valence electrons. The summed E-state index contributed by atoms with van der Waals surface area (Å²) >= 11 is 0. The van der Waals surface area contributed by atoms with E-state index in [1.54, 1.807) is 0 Å². The Morgan fingerprint density at radius 3 is 2.10 bits per heavy atom. The lowest BCUT2D eigenvalue weighted by Gasteiger charge is -2.17. The van der Waals surface area contributed by atoms with Crippen LogP contribution in [0.15, 0.2) is 53.4 Å². The molecule has 0 aliphatic heterocycles. The molecule has 31 heavy (non-hydrogen) atoms. The maximum atomic E-state index is 12.6. The summed E-state index contributed by atoms with van der Waals surface area (Å²) in [6, 6.07) is 14.0. The van der Waals surface area contributed by atoms with Crippen LogP contribution in [0.25, 0.3) is 0 Å². The molecule has 2 amide bonds. The predicted octanol–water partition coefficient (Wildman–Crippen LogP) is 2.08. The molecule has 0 atom stereocenters. The van der Waals surface area contributed by atoms with Crippen LogP contribution in [0.5, 0.6) is 0 Å². The van der Waals surface area contributed by atoms with Crippen molar-refractivity contribution in [1.29, 1.82) is 0 Å².